The van der Waals surface area contributed by atoms with Gasteiger partial charge in [0.25, 0.3) is 0 Å². The summed E-state index contributed by atoms with van der Waals surface area (Å²) in [6.07, 6.45) is 4.48. The second kappa shape index (κ2) is 6.76. The summed E-state index contributed by atoms with van der Waals surface area (Å²) in [6.45, 7) is -0.561. The molecule has 118 valence electrons. The molecule has 1 aromatic rings. The number of amides is 1. The Hall–Kier alpha value is -1.45. The van der Waals surface area contributed by atoms with Gasteiger partial charge in [0.1, 0.15) is 11.8 Å². The molecular weight excluding hydrogens is 329 g/mol. The Balaban J connectivity index is 2.40. The fourth-order valence-electron chi connectivity index (χ4n) is 2.66. The van der Waals surface area contributed by atoms with Gasteiger partial charge in [-0.15, -0.1) is 6.42 Å². The summed E-state index contributed by atoms with van der Waals surface area (Å²) < 4.78 is 0. The first-order chi connectivity index (χ1) is 10.4. The van der Waals surface area contributed by atoms with Gasteiger partial charge < -0.3 is 20.2 Å². The Labute approximate surface area is 138 Å². The van der Waals surface area contributed by atoms with E-state index in [1.165, 1.54) is 17.0 Å². The quantitative estimate of drug-likeness (QED) is 0.721. The molecule has 0 saturated carbocycles. The molecule has 0 aromatic heterocycles. The maximum atomic E-state index is 12.2. The number of benzene rings is 1. The molecule has 0 spiro atoms. The van der Waals surface area contributed by atoms with Crippen molar-refractivity contribution in [2.45, 2.75) is 24.5 Å². The van der Waals surface area contributed by atoms with Crippen LogP contribution < -0.4 is 0 Å². The Bertz CT molecular complexity index is 629. The van der Waals surface area contributed by atoms with Crippen LogP contribution in [-0.2, 0) is 4.79 Å². The second-order valence-electron chi connectivity index (χ2n) is 5.10. The number of likely N-dealkylation sites (tertiary alicyclic amines) is 1. The molecular formula is C15H15Cl2NO4. The molecule has 1 saturated heterocycles. The number of aliphatic hydroxyl groups excluding tert-OH is 2. The smallest absolute Gasteiger partial charge is 0.224 e. The van der Waals surface area contributed by atoms with E-state index < -0.39 is 24.7 Å². The first-order valence-electron chi connectivity index (χ1n) is 6.62. The van der Waals surface area contributed by atoms with Gasteiger partial charge >= 0.3 is 0 Å². The molecule has 3 atom stereocenters. The zero-order chi connectivity index (χ0) is 16.4. The van der Waals surface area contributed by atoms with Crippen LogP contribution in [0.25, 0.3) is 0 Å². The van der Waals surface area contributed by atoms with Crippen molar-refractivity contribution in [1.82, 2.24) is 4.90 Å². The van der Waals surface area contributed by atoms with Gasteiger partial charge in [0.15, 0.2) is 0 Å². The van der Waals surface area contributed by atoms with Gasteiger partial charge in [0.2, 0.25) is 5.91 Å². The molecule has 3 N–H and O–H groups in total. The Kier molecular flexibility index (Phi) is 5.20. The van der Waals surface area contributed by atoms with Crippen molar-refractivity contribution >= 4 is 29.1 Å². The highest BCUT2D eigenvalue weighted by Crippen LogP contribution is 2.44. The monoisotopic (exact) mass is 343 g/mol. The number of phenolic OH excluding ortho intramolecular Hbond substituents is 1. The van der Waals surface area contributed by atoms with E-state index >= 15 is 0 Å². The van der Waals surface area contributed by atoms with Crippen LogP contribution in [0, 0.1) is 12.3 Å². The maximum Gasteiger partial charge on any atom is 0.224 e. The van der Waals surface area contributed by atoms with Crippen LogP contribution in [0.3, 0.4) is 0 Å². The maximum absolute atomic E-state index is 12.2. The molecule has 2 rings (SSSR count). The van der Waals surface area contributed by atoms with Crippen molar-refractivity contribution in [1.29, 1.82) is 0 Å². The zero-order valence-corrected chi connectivity index (χ0v) is 13.1. The van der Waals surface area contributed by atoms with Crippen LogP contribution >= 0.6 is 23.2 Å². The standard InChI is InChI=1S/C15H15Cl2NO4/c1-2-11-9(5-13(22)18(11)6-8(20)7-19)14-12(21)4-3-10(16)15(14)17/h1,3-4,8-9,11,19-21H,5-7H2/t8-,9-,11+/m0/s1. The summed E-state index contributed by atoms with van der Waals surface area (Å²) in [5, 5.41) is 29.0. The summed E-state index contributed by atoms with van der Waals surface area (Å²) in [4.78, 5) is 13.5. The van der Waals surface area contributed by atoms with Gasteiger partial charge in [0, 0.05) is 17.9 Å². The van der Waals surface area contributed by atoms with E-state index in [1.54, 1.807) is 0 Å². The molecule has 0 bridgehead atoms. The number of hydrogen-bond donors (Lipinski definition) is 3. The predicted molar refractivity (Wildman–Crippen MR) is 82.9 cm³/mol. The van der Waals surface area contributed by atoms with Crippen LogP contribution in [0.1, 0.15) is 17.9 Å². The lowest BCUT2D eigenvalue weighted by Gasteiger charge is -2.26. The van der Waals surface area contributed by atoms with E-state index in [0.717, 1.165) is 0 Å². The van der Waals surface area contributed by atoms with E-state index in [9.17, 15) is 15.0 Å². The third kappa shape index (κ3) is 3.01. The third-order valence-corrected chi connectivity index (χ3v) is 4.52. The number of phenols is 1. The number of aromatic hydroxyl groups is 1. The predicted octanol–water partition coefficient (Wildman–Crippen LogP) is 1.37. The topological polar surface area (TPSA) is 81.0 Å². The number of carbonyl (C=O) groups excluding carboxylic acids is 1. The molecule has 5 nitrogen and oxygen atoms in total. The van der Waals surface area contributed by atoms with Crippen LogP contribution in [0.5, 0.6) is 5.75 Å². The highest BCUT2D eigenvalue weighted by atomic mass is 35.5. The number of hydrogen-bond acceptors (Lipinski definition) is 4. The number of nitrogens with zero attached hydrogens (tertiary/aromatic N) is 1. The fraction of sp³-hybridized carbons (Fsp3) is 0.400. The molecule has 7 heteroatoms. The fourth-order valence-corrected chi connectivity index (χ4v) is 3.13. The number of aliphatic hydroxyl groups is 2. The van der Waals surface area contributed by atoms with Crippen LogP contribution in [0.2, 0.25) is 10.0 Å². The number of halogens is 2. The second-order valence-corrected chi connectivity index (χ2v) is 5.88. The van der Waals surface area contributed by atoms with Crippen molar-refractivity contribution in [2.75, 3.05) is 13.2 Å². The lowest BCUT2D eigenvalue weighted by molar-refractivity contribution is -0.130. The van der Waals surface area contributed by atoms with Gasteiger partial charge in [0.05, 0.1) is 29.3 Å². The molecule has 0 aliphatic carbocycles. The highest BCUT2D eigenvalue weighted by Gasteiger charge is 2.42. The molecule has 1 aliphatic heterocycles. The van der Waals surface area contributed by atoms with Crippen LogP contribution in [-0.4, -0.2) is 51.4 Å². The van der Waals surface area contributed by atoms with E-state index in [1.807, 2.05) is 0 Å². The van der Waals surface area contributed by atoms with E-state index in [2.05, 4.69) is 5.92 Å². The normalized spacial score (nSPS) is 22.7. The summed E-state index contributed by atoms with van der Waals surface area (Å²) in [5.41, 5.74) is 0.325. The molecule has 0 unspecified atom stereocenters. The molecule has 1 fully saturated rings. The van der Waals surface area contributed by atoms with Gasteiger partial charge in [-0.1, -0.05) is 29.1 Å². The van der Waals surface area contributed by atoms with Crippen molar-refractivity contribution in [3.63, 3.8) is 0 Å². The SMILES string of the molecule is C#C[C@@H]1[C@@H](c2c(O)ccc(Cl)c2Cl)CC(=O)N1C[C@H](O)CO. The Morgan fingerprint density at radius 1 is 1.45 bits per heavy atom. The van der Waals surface area contributed by atoms with E-state index in [4.69, 9.17) is 34.7 Å². The number of carbonyl (C=O) groups is 1. The molecule has 1 aromatic carbocycles. The first kappa shape index (κ1) is 16.9. The highest BCUT2D eigenvalue weighted by molar-refractivity contribution is 6.42. The Morgan fingerprint density at radius 2 is 2.14 bits per heavy atom. The number of rotatable bonds is 4. The van der Waals surface area contributed by atoms with Gasteiger partial charge in [-0.2, -0.15) is 0 Å². The molecule has 0 radical (unpaired) electrons. The van der Waals surface area contributed by atoms with Gasteiger partial charge in [-0.3, -0.25) is 4.79 Å². The number of terminal acetylenes is 1. The minimum atomic E-state index is -1.08. The minimum Gasteiger partial charge on any atom is -0.508 e. The zero-order valence-electron chi connectivity index (χ0n) is 11.5. The number of β-amino-alcohol motifs (C(OH)–C–C–N with tert-alkyl or cyclic N) is 1. The lowest BCUT2D eigenvalue weighted by atomic mass is 9.91. The summed E-state index contributed by atoms with van der Waals surface area (Å²) in [5.74, 6) is 1.60. The average Bonchev–Trinajstić information content (AvgIpc) is 2.79. The van der Waals surface area contributed by atoms with Crippen molar-refractivity contribution in [3.05, 3.63) is 27.7 Å². The lowest BCUT2D eigenvalue weighted by Crippen LogP contribution is -2.40. The van der Waals surface area contributed by atoms with Crippen molar-refractivity contribution in [3.8, 4) is 18.1 Å². The largest absolute Gasteiger partial charge is 0.508 e. The average molecular weight is 344 g/mol. The third-order valence-electron chi connectivity index (χ3n) is 3.70. The van der Waals surface area contributed by atoms with Crippen LogP contribution in [0.4, 0.5) is 0 Å². The summed E-state index contributed by atoms with van der Waals surface area (Å²) in [6, 6.07) is 2.17. The van der Waals surface area contributed by atoms with Crippen molar-refractivity contribution in [2.24, 2.45) is 0 Å². The summed E-state index contributed by atoms with van der Waals surface area (Å²) in [7, 11) is 0. The van der Waals surface area contributed by atoms with Gasteiger partial charge in [-0.25, -0.2) is 0 Å². The Morgan fingerprint density at radius 3 is 2.73 bits per heavy atom. The molecule has 22 heavy (non-hydrogen) atoms. The van der Waals surface area contributed by atoms with E-state index in [0.29, 0.717) is 5.56 Å². The summed E-state index contributed by atoms with van der Waals surface area (Å²) >= 11 is 12.1. The first-order valence-corrected chi connectivity index (χ1v) is 7.37. The molecule has 1 heterocycles. The van der Waals surface area contributed by atoms with Gasteiger partial charge in [-0.05, 0) is 12.1 Å². The molecule has 1 amide bonds. The van der Waals surface area contributed by atoms with E-state index in [-0.39, 0.29) is 34.7 Å². The molecule has 1 aliphatic rings. The van der Waals surface area contributed by atoms with Crippen LogP contribution in [0.15, 0.2) is 12.1 Å². The van der Waals surface area contributed by atoms with Crippen molar-refractivity contribution < 1.29 is 20.1 Å². The minimum absolute atomic E-state index is 0.0423.